The Morgan fingerprint density at radius 1 is 1.47 bits per heavy atom. The highest BCUT2D eigenvalue weighted by molar-refractivity contribution is 5.70. The monoisotopic (exact) mass is 251 g/mol. The topological polar surface area (TPSA) is 60.8 Å². The minimum Gasteiger partial charge on any atom is -0.481 e. The van der Waals surface area contributed by atoms with E-state index in [9.17, 15) is 18.7 Å². The number of carboxylic acids is 1. The Bertz CT molecular complexity index is 265. The van der Waals surface area contributed by atoms with Gasteiger partial charge in [-0.05, 0) is 32.7 Å². The van der Waals surface area contributed by atoms with E-state index in [1.165, 1.54) is 11.9 Å². The number of carboxylic acid groups (broad SMARTS) is 1. The summed E-state index contributed by atoms with van der Waals surface area (Å²) in [5.41, 5.74) is -1.02. The molecule has 0 amide bonds. The zero-order valence-corrected chi connectivity index (χ0v) is 9.90. The molecule has 4 nitrogen and oxygen atoms in total. The van der Waals surface area contributed by atoms with Gasteiger partial charge >= 0.3 is 5.97 Å². The molecule has 0 atom stereocenters. The van der Waals surface area contributed by atoms with E-state index in [4.69, 9.17) is 5.11 Å². The van der Waals surface area contributed by atoms with Gasteiger partial charge in [0.15, 0.2) is 0 Å². The first-order chi connectivity index (χ1) is 7.82. The summed E-state index contributed by atoms with van der Waals surface area (Å²) >= 11 is 0. The number of halogens is 2. The number of aliphatic carboxylic acids is 1. The summed E-state index contributed by atoms with van der Waals surface area (Å²) < 4.78 is 24.3. The van der Waals surface area contributed by atoms with Gasteiger partial charge in [0.05, 0.1) is 18.1 Å². The molecule has 0 aromatic carbocycles. The fourth-order valence-corrected chi connectivity index (χ4v) is 2.36. The van der Waals surface area contributed by atoms with Crippen molar-refractivity contribution in [3.05, 3.63) is 0 Å². The zero-order chi connectivity index (χ0) is 13.1. The van der Waals surface area contributed by atoms with E-state index in [1.807, 2.05) is 0 Å². The van der Waals surface area contributed by atoms with Gasteiger partial charge in [-0.25, -0.2) is 8.78 Å². The first-order valence-electron chi connectivity index (χ1n) is 5.74. The van der Waals surface area contributed by atoms with Crippen LogP contribution in [0.3, 0.4) is 0 Å². The average Bonchev–Trinajstić information content (AvgIpc) is 2.15. The molecular weight excluding hydrogens is 232 g/mol. The average molecular weight is 251 g/mol. The number of aliphatic hydroxyl groups is 1. The van der Waals surface area contributed by atoms with Crippen LogP contribution < -0.4 is 0 Å². The van der Waals surface area contributed by atoms with E-state index in [2.05, 4.69) is 0 Å². The van der Waals surface area contributed by atoms with Gasteiger partial charge in [-0.2, -0.15) is 0 Å². The second-order valence-electron chi connectivity index (χ2n) is 4.92. The highest BCUT2D eigenvalue weighted by atomic mass is 19.3. The molecule has 1 aliphatic carbocycles. The number of rotatable bonds is 5. The minimum atomic E-state index is -2.42. The number of carbonyl (C=O) groups is 1. The second-order valence-corrected chi connectivity index (χ2v) is 4.92. The molecule has 0 saturated heterocycles. The van der Waals surface area contributed by atoms with Crippen molar-refractivity contribution < 1.29 is 23.8 Å². The van der Waals surface area contributed by atoms with E-state index in [-0.39, 0.29) is 13.1 Å². The predicted octanol–water partition coefficient (Wildman–Crippen LogP) is 1.19. The molecule has 0 aromatic heterocycles. The van der Waals surface area contributed by atoms with E-state index < -0.39 is 23.9 Å². The molecule has 2 N–H and O–H groups in total. The highest BCUT2D eigenvalue weighted by Gasteiger charge is 2.36. The molecule has 1 aliphatic rings. The Morgan fingerprint density at radius 3 is 2.41 bits per heavy atom. The molecule has 0 radical (unpaired) electrons. The van der Waals surface area contributed by atoms with Crippen molar-refractivity contribution in [2.45, 2.75) is 37.7 Å². The number of hydrogen-bond acceptors (Lipinski definition) is 3. The van der Waals surface area contributed by atoms with Crippen LogP contribution in [0.25, 0.3) is 0 Å². The molecule has 1 rings (SSSR count). The molecule has 0 aromatic rings. The maximum Gasteiger partial charge on any atom is 0.306 e. The maximum absolute atomic E-state index is 12.1. The number of alkyl halides is 2. The lowest BCUT2D eigenvalue weighted by Gasteiger charge is -2.37. The van der Waals surface area contributed by atoms with Crippen LogP contribution in [0.5, 0.6) is 0 Å². The van der Waals surface area contributed by atoms with Gasteiger partial charge in [0, 0.05) is 6.54 Å². The first kappa shape index (κ1) is 14.3. The van der Waals surface area contributed by atoms with E-state index in [0.717, 1.165) is 0 Å². The fraction of sp³-hybridized carbons (Fsp3) is 0.909. The minimum absolute atomic E-state index is 0.170. The lowest BCUT2D eigenvalue weighted by molar-refractivity contribution is -0.145. The van der Waals surface area contributed by atoms with Crippen LogP contribution >= 0.6 is 0 Å². The van der Waals surface area contributed by atoms with Gasteiger partial charge in [0.1, 0.15) is 0 Å². The Hall–Kier alpha value is -0.750. The summed E-state index contributed by atoms with van der Waals surface area (Å²) in [5, 5.41) is 19.0. The van der Waals surface area contributed by atoms with Crippen LogP contribution in [0.15, 0.2) is 0 Å². The molecule has 17 heavy (non-hydrogen) atoms. The quantitative estimate of drug-likeness (QED) is 0.770. The van der Waals surface area contributed by atoms with E-state index in [0.29, 0.717) is 25.7 Å². The largest absolute Gasteiger partial charge is 0.481 e. The lowest BCUT2D eigenvalue weighted by Crippen LogP contribution is -2.46. The highest BCUT2D eigenvalue weighted by Crippen LogP contribution is 2.32. The molecule has 0 unspecified atom stereocenters. The predicted molar refractivity (Wildman–Crippen MR) is 58.0 cm³/mol. The molecule has 1 saturated carbocycles. The lowest BCUT2D eigenvalue weighted by atomic mass is 9.78. The number of likely N-dealkylation sites (N-methyl/N-ethyl adjacent to an activating group) is 1. The van der Waals surface area contributed by atoms with Crippen LogP contribution in [-0.2, 0) is 4.79 Å². The molecule has 0 spiro atoms. The fourth-order valence-electron chi connectivity index (χ4n) is 2.36. The standard InChI is InChI=1S/C11H19F2NO3/c1-14(6-9(12)13)7-11(17)4-2-8(3-5-11)10(15)16/h8-9,17H,2-7H2,1H3,(H,15,16). The summed E-state index contributed by atoms with van der Waals surface area (Å²) in [4.78, 5) is 12.1. The van der Waals surface area contributed by atoms with Crippen LogP contribution in [-0.4, -0.2) is 53.2 Å². The zero-order valence-electron chi connectivity index (χ0n) is 9.90. The van der Waals surface area contributed by atoms with Gasteiger partial charge < -0.3 is 10.2 Å². The summed E-state index contributed by atoms with van der Waals surface area (Å²) in [5.74, 6) is -1.25. The van der Waals surface area contributed by atoms with Gasteiger partial charge in [-0.3, -0.25) is 9.69 Å². The Balaban J connectivity index is 2.41. The van der Waals surface area contributed by atoms with Gasteiger partial charge in [-0.15, -0.1) is 0 Å². The van der Waals surface area contributed by atoms with Crippen LogP contribution in [0.2, 0.25) is 0 Å². The molecule has 0 bridgehead atoms. The van der Waals surface area contributed by atoms with Crippen molar-refractivity contribution in [3.63, 3.8) is 0 Å². The van der Waals surface area contributed by atoms with Crippen LogP contribution in [0.1, 0.15) is 25.7 Å². The Labute approximate surface area is 99.2 Å². The van der Waals surface area contributed by atoms with E-state index >= 15 is 0 Å². The van der Waals surface area contributed by atoms with Crippen molar-refractivity contribution in [2.24, 2.45) is 5.92 Å². The first-order valence-corrected chi connectivity index (χ1v) is 5.74. The van der Waals surface area contributed by atoms with Crippen molar-refractivity contribution in [1.29, 1.82) is 0 Å². The third-order valence-corrected chi connectivity index (χ3v) is 3.28. The molecule has 6 heteroatoms. The van der Waals surface area contributed by atoms with Crippen molar-refractivity contribution in [1.82, 2.24) is 4.90 Å². The van der Waals surface area contributed by atoms with E-state index in [1.54, 1.807) is 0 Å². The maximum atomic E-state index is 12.1. The Morgan fingerprint density at radius 2 is 2.00 bits per heavy atom. The number of hydrogen-bond donors (Lipinski definition) is 2. The van der Waals surface area contributed by atoms with Crippen molar-refractivity contribution >= 4 is 5.97 Å². The van der Waals surface area contributed by atoms with Crippen molar-refractivity contribution in [2.75, 3.05) is 20.1 Å². The molecule has 0 aliphatic heterocycles. The summed E-state index contributed by atoms with van der Waals surface area (Å²) in [6.07, 6.45) is -0.878. The molecule has 0 heterocycles. The molecule has 100 valence electrons. The second kappa shape index (κ2) is 5.73. The normalized spacial score (nSPS) is 29.9. The summed E-state index contributed by atoms with van der Waals surface area (Å²) in [6.45, 7) is -0.200. The summed E-state index contributed by atoms with van der Waals surface area (Å²) in [6, 6.07) is 0. The van der Waals surface area contributed by atoms with Gasteiger partial charge in [0.2, 0.25) is 0 Å². The third kappa shape index (κ3) is 4.55. The smallest absolute Gasteiger partial charge is 0.306 e. The van der Waals surface area contributed by atoms with Crippen LogP contribution in [0, 0.1) is 5.92 Å². The van der Waals surface area contributed by atoms with Crippen molar-refractivity contribution in [3.8, 4) is 0 Å². The van der Waals surface area contributed by atoms with Gasteiger partial charge in [0.25, 0.3) is 6.43 Å². The number of nitrogens with zero attached hydrogens (tertiary/aromatic N) is 1. The third-order valence-electron chi connectivity index (χ3n) is 3.28. The SMILES string of the molecule is CN(CC(F)F)CC1(O)CCC(C(=O)O)CC1. The Kier molecular flexibility index (Phi) is 4.82. The summed E-state index contributed by atoms with van der Waals surface area (Å²) in [7, 11) is 1.54. The van der Waals surface area contributed by atoms with Crippen LogP contribution in [0.4, 0.5) is 8.78 Å². The molecular formula is C11H19F2NO3. The van der Waals surface area contributed by atoms with Gasteiger partial charge in [-0.1, -0.05) is 0 Å². The molecule has 1 fully saturated rings.